The minimum Gasteiger partial charge on any atom is -0.456 e. The number of thiophene rings is 1. The highest BCUT2D eigenvalue weighted by Crippen LogP contribution is 2.53. The fourth-order valence-electron chi connectivity index (χ4n) is 11.1. The summed E-state index contributed by atoms with van der Waals surface area (Å²) >= 11 is 1.88. The van der Waals surface area contributed by atoms with Crippen LogP contribution in [0.1, 0.15) is 52.7 Å². The third kappa shape index (κ3) is 4.42. The van der Waals surface area contributed by atoms with Crippen molar-refractivity contribution in [3.63, 3.8) is 0 Å². The first-order valence-corrected chi connectivity index (χ1v) is 22.6. The molecule has 2 aliphatic heterocycles. The fourth-order valence-corrected chi connectivity index (χ4v) is 12.2. The van der Waals surface area contributed by atoms with Gasteiger partial charge in [0.1, 0.15) is 22.3 Å². The Balaban J connectivity index is 1.24. The molecule has 0 bridgehead atoms. The van der Waals surface area contributed by atoms with Gasteiger partial charge in [-0.05, 0) is 105 Å². The van der Waals surface area contributed by atoms with Gasteiger partial charge in [-0.1, -0.05) is 114 Å². The van der Waals surface area contributed by atoms with E-state index in [1.54, 1.807) is 0 Å². The molecule has 0 saturated heterocycles. The molecule has 6 heteroatoms. The highest BCUT2D eigenvalue weighted by molar-refractivity contribution is 7.25. The molecule has 0 atom stereocenters. The standard InChI is InChI=1S/C56H41BN2O2S/c1-55(2,3)30-19-22-32(23-20-30)59-42-27-37-34-14-9-12-18-47(34)62-48(37)28-39(42)49-50-35-15-8-11-17-45(35)61-54(50)51-38-25-31(56(4,5)6)21-24-41(38)58-43-26-36-33-13-7-10-16-44(33)60-46(36)29-40(43)57(59)52(49)53(51)58/h7-29H,1-6H3. The Bertz CT molecular complexity index is 3960. The lowest BCUT2D eigenvalue weighted by Gasteiger charge is -2.42. The zero-order valence-corrected chi connectivity index (χ0v) is 36.3. The second-order valence-electron chi connectivity index (χ2n) is 19.7. The van der Waals surface area contributed by atoms with Crippen molar-refractivity contribution >= 4 is 126 Å². The van der Waals surface area contributed by atoms with E-state index in [-0.39, 0.29) is 17.7 Å². The molecule has 0 unspecified atom stereocenters. The molecule has 0 radical (unpaired) electrons. The van der Waals surface area contributed by atoms with E-state index >= 15 is 0 Å². The van der Waals surface area contributed by atoms with E-state index < -0.39 is 0 Å². The average molecular weight is 817 g/mol. The van der Waals surface area contributed by atoms with Crippen molar-refractivity contribution in [2.24, 2.45) is 0 Å². The number of nitrogens with zero attached hydrogens (tertiary/aromatic N) is 2. The minimum absolute atomic E-state index is 0.0178. The van der Waals surface area contributed by atoms with Crippen LogP contribution >= 0.6 is 11.3 Å². The van der Waals surface area contributed by atoms with E-state index in [0.717, 1.165) is 44.2 Å². The summed E-state index contributed by atoms with van der Waals surface area (Å²) in [6.45, 7) is 13.6. The van der Waals surface area contributed by atoms with Crippen LogP contribution in [0.2, 0.25) is 0 Å². The zero-order valence-electron chi connectivity index (χ0n) is 35.5. The summed E-state index contributed by atoms with van der Waals surface area (Å²) in [6, 6.07) is 52.3. The summed E-state index contributed by atoms with van der Waals surface area (Å²) in [5, 5.41) is 9.55. The predicted molar refractivity (Wildman–Crippen MR) is 265 cm³/mol. The van der Waals surface area contributed by atoms with Crippen LogP contribution in [-0.4, -0.2) is 11.4 Å². The molecule has 0 spiro atoms. The highest BCUT2D eigenvalue weighted by Gasteiger charge is 2.46. The van der Waals surface area contributed by atoms with E-state index in [4.69, 9.17) is 8.83 Å². The Labute approximate surface area is 362 Å². The van der Waals surface area contributed by atoms with Gasteiger partial charge in [0.15, 0.2) is 0 Å². The first-order chi connectivity index (χ1) is 30.0. The van der Waals surface area contributed by atoms with Crippen LogP contribution in [0, 0.1) is 0 Å². The maximum Gasteiger partial charge on any atom is 0.333 e. The predicted octanol–water partition coefficient (Wildman–Crippen LogP) is 14.8. The largest absolute Gasteiger partial charge is 0.456 e. The molecule has 0 saturated carbocycles. The van der Waals surface area contributed by atoms with Gasteiger partial charge in [-0.25, -0.2) is 0 Å². The molecular weight excluding hydrogens is 776 g/mol. The SMILES string of the molecule is CC(C)(C)c1ccc(N2B3c4cc5oc6ccccc6c5cc4-n4c5ccc(C(C)(C)C)cc5c5c6oc7ccccc7c6c(c3c54)-c3cc4sc5ccccc5c4cc32)cc1. The molecular formula is C56H41BN2O2S. The highest BCUT2D eigenvalue weighted by atomic mass is 32.1. The topological polar surface area (TPSA) is 34.5 Å². The minimum atomic E-state index is -0.188. The number of benzene rings is 8. The van der Waals surface area contributed by atoms with Gasteiger partial charge in [0.25, 0.3) is 0 Å². The third-order valence-corrected chi connectivity index (χ3v) is 15.2. The Hall–Kier alpha value is -6.76. The van der Waals surface area contributed by atoms with E-state index in [2.05, 4.69) is 190 Å². The van der Waals surface area contributed by atoms with Crippen molar-refractivity contribution in [1.29, 1.82) is 0 Å². The number of hydrogen-bond donors (Lipinski definition) is 0. The lowest BCUT2D eigenvalue weighted by molar-refractivity contribution is 0.590. The second-order valence-corrected chi connectivity index (χ2v) is 20.8. The summed E-state index contributed by atoms with van der Waals surface area (Å²) < 4.78 is 19.1. The Morgan fingerprint density at radius 1 is 0.516 bits per heavy atom. The summed E-state index contributed by atoms with van der Waals surface area (Å²) in [5.41, 5.74) is 17.2. The maximum absolute atomic E-state index is 7.21. The second kappa shape index (κ2) is 11.6. The van der Waals surface area contributed by atoms with Gasteiger partial charge in [-0.3, -0.25) is 0 Å². The fraction of sp³-hybridized carbons (Fsp3) is 0.143. The van der Waals surface area contributed by atoms with Crippen molar-refractivity contribution in [1.82, 2.24) is 4.57 Å². The van der Waals surface area contributed by atoms with E-state index in [1.807, 2.05) is 11.3 Å². The number of para-hydroxylation sites is 2. The van der Waals surface area contributed by atoms with E-state index in [9.17, 15) is 0 Å². The van der Waals surface area contributed by atoms with Crippen LogP contribution in [0.3, 0.4) is 0 Å². The molecule has 8 aromatic carbocycles. The molecule has 62 heavy (non-hydrogen) atoms. The molecule has 296 valence electrons. The van der Waals surface area contributed by atoms with Crippen LogP contribution in [0.5, 0.6) is 0 Å². The smallest absolute Gasteiger partial charge is 0.333 e. The van der Waals surface area contributed by atoms with Crippen LogP contribution < -0.4 is 15.7 Å². The van der Waals surface area contributed by atoms with Gasteiger partial charge in [0.2, 0.25) is 0 Å². The van der Waals surface area contributed by atoms with Gasteiger partial charge in [-0.2, -0.15) is 0 Å². The van der Waals surface area contributed by atoms with Crippen LogP contribution in [-0.2, 0) is 10.8 Å². The van der Waals surface area contributed by atoms with Crippen molar-refractivity contribution < 1.29 is 8.83 Å². The molecule has 6 heterocycles. The number of anilines is 2. The van der Waals surface area contributed by atoms with E-state index in [1.165, 1.54) is 91.9 Å². The molecule has 4 aromatic heterocycles. The van der Waals surface area contributed by atoms with Crippen molar-refractivity contribution in [2.75, 3.05) is 4.81 Å². The van der Waals surface area contributed by atoms with Crippen LogP contribution in [0.25, 0.3) is 103 Å². The monoisotopic (exact) mass is 816 g/mol. The quantitative estimate of drug-likeness (QED) is 0.155. The van der Waals surface area contributed by atoms with Crippen molar-refractivity contribution in [3.05, 3.63) is 151 Å². The lowest BCUT2D eigenvalue weighted by atomic mass is 9.43. The van der Waals surface area contributed by atoms with Crippen LogP contribution in [0.4, 0.5) is 11.4 Å². The number of rotatable bonds is 1. The summed E-state index contributed by atoms with van der Waals surface area (Å²) in [5.74, 6) is 0. The van der Waals surface area contributed by atoms with Gasteiger partial charge in [0, 0.05) is 69.7 Å². The molecule has 0 aliphatic carbocycles. The van der Waals surface area contributed by atoms with Gasteiger partial charge in [-0.15, -0.1) is 11.3 Å². The molecule has 0 N–H and O–H groups in total. The number of furan rings is 2. The molecule has 4 nitrogen and oxygen atoms in total. The number of aromatic nitrogens is 1. The summed E-state index contributed by atoms with van der Waals surface area (Å²) in [6.07, 6.45) is 0. The normalized spacial score (nSPS) is 13.9. The first-order valence-electron chi connectivity index (χ1n) is 21.8. The van der Waals surface area contributed by atoms with Crippen molar-refractivity contribution in [3.8, 4) is 16.8 Å². The van der Waals surface area contributed by atoms with Gasteiger partial charge < -0.3 is 18.2 Å². The van der Waals surface area contributed by atoms with Gasteiger partial charge >= 0.3 is 6.85 Å². The van der Waals surface area contributed by atoms with E-state index in [0.29, 0.717) is 0 Å². The molecule has 0 amide bonds. The third-order valence-electron chi connectivity index (χ3n) is 14.1. The lowest BCUT2D eigenvalue weighted by Crippen LogP contribution is -2.60. The molecule has 14 rings (SSSR count). The average Bonchev–Trinajstić information content (AvgIpc) is 4.02. The molecule has 2 aliphatic rings. The Morgan fingerprint density at radius 3 is 1.97 bits per heavy atom. The number of fused-ring (bicyclic) bond motifs is 19. The maximum atomic E-state index is 7.21. The number of hydrogen-bond acceptors (Lipinski definition) is 4. The van der Waals surface area contributed by atoms with Crippen LogP contribution in [0.15, 0.2) is 148 Å². The zero-order chi connectivity index (χ0) is 41.6. The summed E-state index contributed by atoms with van der Waals surface area (Å²) in [7, 11) is 0. The molecule has 12 aromatic rings. The first kappa shape index (κ1) is 34.9. The van der Waals surface area contributed by atoms with Gasteiger partial charge in [0.05, 0.1) is 16.4 Å². The Kier molecular flexibility index (Phi) is 6.52. The van der Waals surface area contributed by atoms with Crippen molar-refractivity contribution in [2.45, 2.75) is 52.4 Å². The molecule has 0 fully saturated rings. The Morgan fingerprint density at radius 2 is 1.19 bits per heavy atom. The summed E-state index contributed by atoms with van der Waals surface area (Å²) in [4.78, 5) is 2.65.